The van der Waals surface area contributed by atoms with Crippen LogP contribution in [-0.2, 0) is 4.79 Å². The van der Waals surface area contributed by atoms with Crippen LogP contribution < -0.4 is 16.0 Å². The second-order valence-electron chi connectivity index (χ2n) is 7.64. The number of hydrogen-bond donors (Lipinski definition) is 3. The van der Waals surface area contributed by atoms with Crippen LogP contribution in [0, 0.1) is 0 Å². The molecule has 2 heterocycles. The summed E-state index contributed by atoms with van der Waals surface area (Å²) < 4.78 is 0. The maximum absolute atomic E-state index is 13.3. The first kappa shape index (κ1) is 20.9. The average Bonchev–Trinajstić information content (AvgIpc) is 2.87. The third-order valence-corrected chi connectivity index (χ3v) is 5.85. The van der Waals surface area contributed by atoms with Crippen LogP contribution in [-0.4, -0.2) is 47.9 Å². The fourth-order valence-electron chi connectivity index (χ4n) is 4.01. The molecule has 2 atom stereocenters. The number of halogens is 1. The SMILES string of the molecule is C=CCNC(=O)N[C@@H]1CCN2C(=O)c3cc(-c4ccc(Cl)cc4)ccc3NC(=O)[C@@H]2C1. The molecule has 0 spiro atoms. The number of rotatable bonds is 4. The van der Waals surface area contributed by atoms with Gasteiger partial charge in [0.1, 0.15) is 6.04 Å². The van der Waals surface area contributed by atoms with Crippen LogP contribution in [0.3, 0.4) is 0 Å². The van der Waals surface area contributed by atoms with Gasteiger partial charge in [-0.2, -0.15) is 0 Å². The molecule has 0 bridgehead atoms. The normalized spacial score (nSPS) is 20.1. The topological polar surface area (TPSA) is 90.5 Å². The molecular weight excluding hydrogens is 416 g/mol. The van der Waals surface area contributed by atoms with Gasteiger partial charge in [-0.05, 0) is 48.2 Å². The van der Waals surface area contributed by atoms with E-state index in [1.165, 1.54) is 0 Å². The monoisotopic (exact) mass is 438 g/mol. The third-order valence-electron chi connectivity index (χ3n) is 5.59. The molecular formula is C23H23ClN4O3. The summed E-state index contributed by atoms with van der Waals surface area (Å²) in [6.07, 6.45) is 2.52. The van der Waals surface area contributed by atoms with E-state index in [4.69, 9.17) is 11.6 Å². The van der Waals surface area contributed by atoms with Gasteiger partial charge in [0.25, 0.3) is 5.91 Å². The van der Waals surface area contributed by atoms with Crippen LogP contribution in [0.1, 0.15) is 23.2 Å². The van der Waals surface area contributed by atoms with Gasteiger partial charge in [0.2, 0.25) is 5.91 Å². The number of piperidine rings is 1. The van der Waals surface area contributed by atoms with Crippen molar-refractivity contribution in [3.8, 4) is 11.1 Å². The third kappa shape index (κ3) is 4.41. The van der Waals surface area contributed by atoms with Crippen molar-refractivity contribution in [3.05, 3.63) is 65.7 Å². The van der Waals surface area contributed by atoms with E-state index in [1.807, 2.05) is 18.2 Å². The quantitative estimate of drug-likeness (QED) is 0.639. The number of carbonyl (C=O) groups is 3. The molecule has 0 saturated carbocycles. The zero-order chi connectivity index (χ0) is 22.0. The maximum Gasteiger partial charge on any atom is 0.315 e. The summed E-state index contributed by atoms with van der Waals surface area (Å²) in [5.74, 6) is -0.437. The number of hydrogen-bond acceptors (Lipinski definition) is 3. The van der Waals surface area contributed by atoms with Gasteiger partial charge in [-0.3, -0.25) is 9.59 Å². The Labute approximate surface area is 185 Å². The van der Waals surface area contributed by atoms with Gasteiger partial charge in [-0.1, -0.05) is 35.9 Å². The lowest BCUT2D eigenvalue weighted by Crippen LogP contribution is -2.56. The summed E-state index contributed by atoms with van der Waals surface area (Å²) >= 11 is 5.98. The van der Waals surface area contributed by atoms with E-state index in [0.717, 1.165) is 11.1 Å². The summed E-state index contributed by atoms with van der Waals surface area (Å²) in [5, 5.41) is 9.06. The molecule has 0 unspecified atom stereocenters. The Kier molecular flexibility index (Phi) is 5.95. The maximum atomic E-state index is 13.3. The molecule has 31 heavy (non-hydrogen) atoms. The first-order valence-corrected chi connectivity index (χ1v) is 10.5. The van der Waals surface area contributed by atoms with Crippen molar-refractivity contribution in [1.82, 2.24) is 15.5 Å². The van der Waals surface area contributed by atoms with E-state index in [0.29, 0.717) is 42.2 Å². The van der Waals surface area contributed by atoms with Gasteiger partial charge in [0.15, 0.2) is 0 Å². The van der Waals surface area contributed by atoms with E-state index in [-0.39, 0.29) is 23.9 Å². The molecule has 160 valence electrons. The molecule has 0 aromatic heterocycles. The molecule has 7 nitrogen and oxygen atoms in total. The standard InChI is InChI=1S/C23H23ClN4O3/c1-2-10-25-23(31)26-17-9-11-28-20(13-17)21(29)27-19-8-5-15(12-18(19)22(28)30)14-3-6-16(24)7-4-14/h2-8,12,17,20H,1,9-11,13H2,(H,27,29)(H2,25,26,31)/t17-,20+/m1/s1. The lowest BCUT2D eigenvalue weighted by Gasteiger charge is -2.37. The minimum Gasteiger partial charge on any atom is -0.335 e. The number of nitrogens with one attached hydrogen (secondary N) is 3. The Morgan fingerprint density at radius 1 is 1.19 bits per heavy atom. The number of nitrogens with zero attached hydrogens (tertiary/aromatic N) is 1. The van der Waals surface area contributed by atoms with Crippen molar-refractivity contribution < 1.29 is 14.4 Å². The summed E-state index contributed by atoms with van der Waals surface area (Å²) in [4.78, 5) is 39.8. The summed E-state index contributed by atoms with van der Waals surface area (Å²) in [6.45, 7) is 4.31. The second kappa shape index (κ2) is 8.81. The molecule has 1 saturated heterocycles. The van der Waals surface area contributed by atoms with Gasteiger partial charge < -0.3 is 20.9 Å². The van der Waals surface area contributed by atoms with E-state index in [9.17, 15) is 14.4 Å². The molecule has 4 rings (SSSR count). The molecule has 2 aliphatic rings. The summed E-state index contributed by atoms with van der Waals surface area (Å²) in [6, 6.07) is 11.7. The molecule has 3 N–H and O–H groups in total. The Morgan fingerprint density at radius 2 is 1.94 bits per heavy atom. The lowest BCUT2D eigenvalue weighted by molar-refractivity contribution is -0.121. The fourth-order valence-corrected chi connectivity index (χ4v) is 4.14. The number of fused-ring (bicyclic) bond motifs is 2. The number of benzene rings is 2. The van der Waals surface area contributed by atoms with Crippen LogP contribution in [0.2, 0.25) is 5.02 Å². The van der Waals surface area contributed by atoms with Crippen LogP contribution in [0.4, 0.5) is 10.5 Å². The fraction of sp³-hybridized carbons (Fsp3) is 0.261. The number of carbonyl (C=O) groups excluding carboxylic acids is 3. The van der Waals surface area contributed by atoms with E-state index in [1.54, 1.807) is 35.2 Å². The number of urea groups is 1. The predicted octanol–water partition coefficient (Wildman–Crippen LogP) is 3.42. The zero-order valence-electron chi connectivity index (χ0n) is 16.9. The molecule has 0 radical (unpaired) electrons. The van der Waals surface area contributed by atoms with Gasteiger partial charge in [-0.25, -0.2) is 4.79 Å². The summed E-state index contributed by atoms with van der Waals surface area (Å²) in [7, 11) is 0. The minimum absolute atomic E-state index is 0.191. The smallest absolute Gasteiger partial charge is 0.315 e. The van der Waals surface area contributed by atoms with Gasteiger partial charge in [0.05, 0.1) is 11.3 Å². The molecule has 8 heteroatoms. The molecule has 4 amide bonds. The predicted molar refractivity (Wildman–Crippen MR) is 120 cm³/mol. The highest BCUT2D eigenvalue weighted by Gasteiger charge is 2.40. The average molecular weight is 439 g/mol. The van der Waals surface area contributed by atoms with Crippen LogP contribution in [0.15, 0.2) is 55.1 Å². The Hall–Kier alpha value is -3.32. The highest BCUT2D eigenvalue weighted by atomic mass is 35.5. The molecule has 1 fully saturated rings. The van der Waals surface area contributed by atoms with E-state index >= 15 is 0 Å². The Morgan fingerprint density at radius 3 is 2.68 bits per heavy atom. The van der Waals surface area contributed by atoms with Crippen LogP contribution in [0.5, 0.6) is 0 Å². The Bertz CT molecular complexity index is 1040. The second-order valence-corrected chi connectivity index (χ2v) is 8.07. The minimum atomic E-state index is -0.641. The molecule has 2 aromatic carbocycles. The van der Waals surface area contributed by atoms with E-state index in [2.05, 4.69) is 22.5 Å². The van der Waals surface area contributed by atoms with E-state index < -0.39 is 6.04 Å². The van der Waals surface area contributed by atoms with Gasteiger partial charge in [-0.15, -0.1) is 6.58 Å². The summed E-state index contributed by atoms with van der Waals surface area (Å²) in [5.41, 5.74) is 2.75. The highest BCUT2D eigenvalue weighted by molar-refractivity contribution is 6.30. The van der Waals surface area contributed by atoms with Crippen molar-refractivity contribution in [3.63, 3.8) is 0 Å². The van der Waals surface area contributed by atoms with Gasteiger partial charge in [0, 0.05) is 24.2 Å². The van der Waals surface area contributed by atoms with Crippen LogP contribution >= 0.6 is 11.6 Å². The first-order valence-electron chi connectivity index (χ1n) is 10.1. The number of amides is 4. The molecule has 0 aliphatic carbocycles. The largest absolute Gasteiger partial charge is 0.335 e. The van der Waals surface area contributed by atoms with Crippen molar-refractivity contribution in [1.29, 1.82) is 0 Å². The lowest BCUT2D eigenvalue weighted by atomic mass is 9.96. The van der Waals surface area contributed by atoms with Crippen LogP contribution in [0.25, 0.3) is 11.1 Å². The van der Waals surface area contributed by atoms with Gasteiger partial charge >= 0.3 is 6.03 Å². The molecule has 2 aliphatic heterocycles. The number of anilines is 1. The van der Waals surface area contributed by atoms with Crippen molar-refractivity contribution in [2.45, 2.75) is 24.9 Å². The zero-order valence-corrected chi connectivity index (χ0v) is 17.6. The first-order chi connectivity index (χ1) is 15.0. The molecule has 2 aromatic rings. The highest BCUT2D eigenvalue weighted by Crippen LogP contribution is 2.32. The van der Waals surface area contributed by atoms with Crippen molar-refractivity contribution >= 4 is 35.1 Å². The van der Waals surface area contributed by atoms with Crippen molar-refractivity contribution in [2.24, 2.45) is 0 Å². The van der Waals surface area contributed by atoms with Crippen molar-refractivity contribution in [2.75, 3.05) is 18.4 Å². The Balaban J connectivity index is 1.55.